The van der Waals surface area contributed by atoms with Crippen LogP contribution in [0.25, 0.3) is 0 Å². The smallest absolute Gasteiger partial charge is 0.0738 e. The van der Waals surface area contributed by atoms with Gasteiger partial charge in [-0.05, 0) is 80.4 Å². The summed E-state index contributed by atoms with van der Waals surface area (Å²) in [5, 5.41) is 8.23. The Morgan fingerprint density at radius 2 is 2.05 bits per heavy atom. The second-order valence-electron chi connectivity index (χ2n) is 6.02. The molecule has 1 aliphatic rings. The fourth-order valence-corrected chi connectivity index (χ4v) is 3.87. The van der Waals surface area contributed by atoms with E-state index in [4.69, 9.17) is 0 Å². The Morgan fingerprint density at radius 3 is 2.75 bits per heavy atom. The van der Waals surface area contributed by atoms with E-state index in [0.717, 1.165) is 30.6 Å². The van der Waals surface area contributed by atoms with Crippen LogP contribution in [0.15, 0.2) is 4.47 Å². The summed E-state index contributed by atoms with van der Waals surface area (Å²) in [6.45, 7) is 9.81. The third-order valence-corrected chi connectivity index (χ3v) is 5.59. The first kappa shape index (κ1) is 16.0. The Morgan fingerprint density at radius 1 is 1.30 bits per heavy atom. The molecular formula is C16H28BrN3. The van der Waals surface area contributed by atoms with Gasteiger partial charge < -0.3 is 5.32 Å². The minimum absolute atomic E-state index is 0.817. The molecule has 0 aromatic carbocycles. The molecule has 0 saturated heterocycles. The van der Waals surface area contributed by atoms with Gasteiger partial charge in [0.05, 0.1) is 15.9 Å². The zero-order valence-corrected chi connectivity index (χ0v) is 14.7. The van der Waals surface area contributed by atoms with Gasteiger partial charge in [0, 0.05) is 6.54 Å². The molecule has 1 heterocycles. The van der Waals surface area contributed by atoms with Crippen LogP contribution >= 0.6 is 15.9 Å². The van der Waals surface area contributed by atoms with Crippen molar-refractivity contribution in [1.82, 2.24) is 15.1 Å². The maximum atomic E-state index is 4.63. The van der Waals surface area contributed by atoms with E-state index in [1.165, 1.54) is 48.8 Å². The molecule has 3 nitrogen and oxygen atoms in total. The third-order valence-electron chi connectivity index (χ3n) is 4.56. The average molecular weight is 342 g/mol. The molecule has 114 valence electrons. The maximum Gasteiger partial charge on any atom is 0.0738 e. The molecule has 2 atom stereocenters. The topological polar surface area (TPSA) is 29.9 Å². The van der Waals surface area contributed by atoms with E-state index in [2.05, 4.69) is 51.8 Å². The first-order chi connectivity index (χ1) is 9.67. The van der Waals surface area contributed by atoms with Crippen molar-refractivity contribution in [2.75, 3.05) is 13.1 Å². The highest BCUT2D eigenvalue weighted by atomic mass is 79.9. The van der Waals surface area contributed by atoms with Gasteiger partial charge in [-0.3, -0.25) is 4.68 Å². The first-order valence-electron chi connectivity index (χ1n) is 8.09. The van der Waals surface area contributed by atoms with Crippen LogP contribution in [0.4, 0.5) is 0 Å². The number of hydrogen-bond acceptors (Lipinski definition) is 2. The second-order valence-corrected chi connectivity index (χ2v) is 6.81. The fraction of sp³-hybridized carbons (Fsp3) is 0.812. The van der Waals surface area contributed by atoms with Gasteiger partial charge in [0.1, 0.15) is 0 Å². The van der Waals surface area contributed by atoms with E-state index in [1.807, 2.05) is 0 Å². The zero-order chi connectivity index (χ0) is 14.5. The van der Waals surface area contributed by atoms with Crippen molar-refractivity contribution < 1.29 is 0 Å². The number of nitrogens with one attached hydrogen (secondary N) is 1. The Balaban J connectivity index is 2.01. The Hall–Kier alpha value is -0.350. The van der Waals surface area contributed by atoms with Gasteiger partial charge in [-0.2, -0.15) is 5.10 Å². The summed E-state index contributed by atoms with van der Waals surface area (Å²) in [4.78, 5) is 0. The van der Waals surface area contributed by atoms with Crippen molar-refractivity contribution in [3.8, 4) is 0 Å². The lowest BCUT2D eigenvalue weighted by atomic mass is 9.91. The van der Waals surface area contributed by atoms with Crippen LogP contribution < -0.4 is 5.32 Å². The summed E-state index contributed by atoms with van der Waals surface area (Å²) >= 11 is 3.73. The van der Waals surface area contributed by atoms with Crippen LogP contribution in [0.5, 0.6) is 0 Å². The molecule has 2 rings (SSSR count). The monoisotopic (exact) mass is 341 g/mol. The summed E-state index contributed by atoms with van der Waals surface area (Å²) in [5.74, 6) is 1.66. The normalized spacial score (nSPS) is 22.6. The average Bonchev–Trinajstić information content (AvgIpc) is 2.99. The molecule has 4 heteroatoms. The molecule has 2 unspecified atom stereocenters. The highest BCUT2D eigenvalue weighted by Crippen LogP contribution is 2.35. The van der Waals surface area contributed by atoms with Crippen molar-refractivity contribution in [2.24, 2.45) is 11.8 Å². The first-order valence-corrected chi connectivity index (χ1v) is 8.89. The van der Waals surface area contributed by atoms with Crippen LogP contribution in [-0.4, -0.2) is 22.9 Å². The fourth-order valence-electron chi connectivity index (χ4n) is 3.43. The summed E-state index contributed by atoms with van der Waals surface area (Å²) in [7, 11) is 0. The van der Waals surface area contributed by atoms with Gasteiger partial charge in [-0.1, -0.05) is 13.3 Å². The van der Waals surface area contributed by atoms with Gasteiger partial charge >= 0.3 is 0 Å². The zero-order valence-electron chi connectivity index (χ0n) is 13.1. The number of rotatable bonds is 7. The molecule has 1 N–H and O–H groups in total. The van der Waals surface area contributed by atoms with Crippen molar-refractivity contribution in [1.29, 1.82) is 0 Å². The SMILES string of the molecule is CCCNCC1CCCC1Cc1c(Br)c(C)nn1CC. The Kier molecular flexibility index (Phi) is 6.09. The molecule has 1 aliphatic carbocycles. The van der Waals surface area contributed by atoms with Crippen LogP contribution in [0.3, 0.4) is 0 Å². The summed E-state index contributed by atoms with van der Waals surface area (Å²) in [6.07, 6.45) is 6.55. The van der Waals surface area contributed by atoms with Gasteiger partial charge in [-0.25, -0.2) is 0 Å². The summed E-state index contributed by atoms with van der Waals surface area (Å²) in [6, 6.07) is 0. The lowest BCUT2D eigenvalue weighted by Crippen LogP contribution is -2.27. The standard InChI is InChI=1S/C16H28BrN3/c1-4-9-18-11-14-8-6-7-13(14)10-15-16(17)12(3)19-20(15)5-2/h13-14,18H,4-11H2,1-3H3. The van der Waals surface area contributed by atoms with Gasteiger partial charge in [0.2, 0.25) is 0 Å². The number of nitrogens with zero attached hydrogens (tertiary/aromatic N) is 2. The number of aryl methyl sites for hydroxylation is 2. The van der Waals surface area contributed by atoms with Crippen molar-refractivity contribution in [2.45, 2.75) is 59.4 Å². The molecule has 1 aromatic rings. The molecule has 20 heavy (non-hydrogen) atoms. The second kappa shape index (κ2) is 7.60. The molecule has 1 aromatic heterocycles. The number of hydrogen-bond donors (Lipinski definition) is 1. The lowest BCUT2D eigenvalue weighted by Gasteiger charge is -2.20. The maximum absolute atomic E-state index is 4.63. The molecule has 0 radical (unpaired) electrons. The highest BCUT2D eigenvalue weighted by molar-refractivity contribution is 9.10. The van der Waals surface area contributed by atoms with E-state index in [-0.39, 0.29) is 0 Å². The molecule has 0 aliphatic heterocycles. The van der Waals surface area contributed by atoms with Crippen LogP contribution in [0, 0.1) is 18.8 Å². The predicted octanol–water partition coefficient (Wildman–Crippen LogP) is 3.93. The number of aromatic nitrogens is 2. The van der Waals surface area contributed by atoms with E-state index in [1.54, 1.807) is 0 Å². The lowest BCUT2D eigenvalue weighted by molar-refractivity contribution is 0.357. The van der Waals surface area contributed by atoms with E-state index < -0.39 is 0 Å². The molecule has 1 fully saturated rings. The van der Waals surface area contributed by atoms with Crippen molar-refractivity contribution in [3.05, 3.63) is 15.9 Å². The Bertz CT molecular complexity index is 428. The minimum Gasteiger partial charge on any atom is -0.316 e. The molecular weight excluding hydrogens is 314 g/mol. The van der Waals surface area contributed by atoms with Crippen molar-refractivity contribution >= 4 is 15.9 Å². The summed E-state index contributed by atoms with van der Waals surface area (Å²) in [5.41, 5.74) is 2.53. The van der Waals surface area contributed by atoms with E-state index in [9.17, 15) is 0 Å². The summed E-state index contributed by atoms with van der Waals surface area (Å²) < 4.78 is 3.40. The molecule has 0 bridgehead atoms. The van der Waals surface area contributed by atoms with E-state index in [0.29, 0.717) is 0 Å². The molecule has 0 amide bonds. The highest BCUT2D eigenvalue weighted by Gasteiger charge is 2.29. The van der Waals surface area contributed by atoms with Crippen LogP contribution in [0.1, 0.15) is 50.9 Å². The number of halogens is 1. The third kappa shape index (κ3) is 3.64. The van der Waals surface area contributed by atoms with Gasteiger partial charge in [0.15, 0.2) is 0 Å². The van der Waals surface area contributed by atoms with E-state index >= 15 is 0 Å². The van der Waals surface area contributed by atoms with Gasteiger partial charge in [-0.15, -0.1) is 0 Å². The molecule has 1 saturated carbocycles. The minimum atomic E-state index is 0.817. The predicted molar refractivity (Wildman–Crippen MR) is 88.0 cm³/mol. The van der Waals surface area contributed by atoms with Crippen LogP contribution in [-0.2, 0) is 13.0 Å². The van der Waals surface area contributed by atoms with Gasteiger partial charge in [0.25, 0.3) is 0 Å². The van der Waals surface area contributed by atoms with Crippen LogP contribution in [0.2, 0.25) is 0 Å². The van der Waals surface area contributed by atoms with Crippen molar-refractivity contribution in [3.63, 3.8) is 0 Å². The Labute approximate surface area is 131 Å². The molecule has 0 spiro atoms. The largest absolute Gasteiger partial charge is 0.316 e. The quantitative estimate of drug-likeness (QED) is 0.761.